The standard InChI is InChI=1S/C25H35N3O2/c1-19-7-4-5-9-23(19)27-15-12-22(13-16-27)28-14-6-8-21(18-28)26-20-10-11-24(29-2)25(17-20)30-3/h4-5,7,9-11,17,21-22,26H,6,8,12-16,18H2,1-3H3. The second-order valence-electron chi connectivity index (χ2n) is 8.55. The molecule has 0 saturated carbocycles. The molecule has 2 aromatic carbocycles. The summed E-state index contributed by atoms with van der Waals surface area (Å²) in [5.74, 6) is 1.55. The highest BCUT2D eigenvalue weighted by Gasteiger charge is 2.29. The van der Waals surface area contributed by atoms with E-state index in [0.29, 0.717) is 12.1 Å². The summed E-state index contributed by atoms with van der Waals surface area (Å²) in [6.07, 6.45) is 4.96. The summed E-state index contributed by atoms with van der Waals surface area (Å²) >= 11 is 0. The maximum Gasteiger partial charge on any atom is 0.162 e. The van der Waals surface area contributed by atoms with E-state index < -0.39 is 0 Å². The van der Waals surface area contributed by atoms with Gasteiger partial charge >= 0.3 is 0 Å². The van der Waals surface area contributed by atoms with Crippen molar-refractivity contribution in [3.8, 4) is 11.5 Å². The van der Waals surface area contributed by atoms with Gasteiger partial charge in [0, 0.05) is 49.2 Å². The van der Waals surface area contributed by atoms with E-state index in [-0.39, 0.29) is 0 Å². The van der Waals surface area contributed by atoms with E-state index in [1.807, 2.05) is 12.1 Å². The fraction of sp³-hybridized carbons (Fsp3) is 0.520. The minimum Gasteiger partial charge on any atom is -0.493 e. The van der Waals surface area contributed by atoms with Crippen LogP contribution in [0.2, 0.25) is 0 Å². The van der Waals surface area contributed by atoms with Gasteiger partial charge < -0.3 is 19.7 Å². The number of nitrogens with zero attached hydrogens (tertiary/aromatic N) is 2. The van der Waals surface area contributed by atoms with E-state index in [2.05, 4.69) is 52.4 Å². The fourth-order valence-electron chi connectivity index (χ4n) is 5.01. The van der Waals surface area contributed by atoms with Crippen LogP contribution in [0.5, 0.6) is 11.5 Å². The van der Waals surface area contributed by atoms with E-state index >= 15 is 0 Å². The molecular formula is C25H35N3O2. The third-order valence-electron chi connectivity index (χ3n) is 6.64. The lowest BCUT2D eigenvalue weighted by atomic mass is 9.97. The van der Waals surface area contributed by atoms with E-state index in [9.17, 15) is 0 Å². The normalized spacial score (nSPS) is 20.8. The second-order valence-corrected chi connectivity index (χ2v) is 8.55. The minimum absolute atomic E-state index is 0.478. The molecule has 2 aliphatic heterocycles. The number of ether oxygens (including phenoxy) is 2. The Morgan fingerprint density at radius 1 is 0.900 bits per heavy atom. The number of piperidine rings is 2. The summed E-state index contributed by atoms with van der Waals surface area (Å²) in [6.45, 7) is 6.86. The predicted octanol–water partition coefficient (Wildman–Crippen LogP) is 4.56. The molecule has 1 N–H and O–H groups in total. The number of benzene rings is 2. The first-order chi connectivity index (χ1) is 14.7. The summed E-state index contributed by atoms with van der Waals surface area (Å²) in [5.41, 5.74) is 3.89. The van der Waals surface area contributed by atoms with Crippen molar-refractivity contribution >= 4 is 11.4 Å². The highest BCUT2D eigenvalue weighted by atomic mass is 16.5. The van der Waals surface area contributed by atoms with Gasteiger partial charge in [-0.25, -0.2) is 0 Å². The molecule has 162 valence electrons. The maximum atomic E-state index is 5.46. The molecule has 2 aromatic rings. The summed E-state index contributed by atoms with van der Waals surface area (Å²) < 4.78 is 10.8. The van der Waals surface area contributed by atoms with Gasteiger partial charge in [-0.05, 0) is 62.9 Å². The highest BCUT2D eigenvalue weighted by Crippen LogP contribution is 2.31. The zero-order valence-electron chi connectivity index (χ0n) is 18.6. The van der Waals surface area contributed by atoms with Crippen LogP contribution >= 0.6 is 0 Å². The lowest BCUT2D eigenvalue weighted by Crippen LogP contribution is -2.51. The van der Waals surface area contributed by atoms with Crippen LogP contribution in [0, 0.1) is 6.92 Å². The Hall–Kier alpha value is -2.40. The SMILES string of the molecule is COc1ccc(NC2CCCN(C3CCN(c4ccccc4C)CC3)C2)cc1OC. The molecule has 30 heavy (non-hydrogen) atoms. The highest BCUT2D eigenvalue weighted by molar-refractivity contribution is 5.55. The van der Waals surface area contributed by atoms with Crippen LogP contribution < -0.4 is 19.7 Å². The Labute approximate surface area is 181 Å². The van der Waals surface area contributed by atoms with Crippen LogP contribution in [0.15, 0.2) is 42.5 Å². The van der Waals surface area contributed by atoms with Crippen molar-refractivity contribution in [3.63, 3.8) is 0 Å². The monoisotopic (exact) mass is 409 g/mol. The molecule has 5 heteroatoms. The van der Waals surface area contributed by atoms with Crippen LogP contribution in [-0.4, -0.2) is 57.4 Å². The molecule has 2 heterocycles. The molecule has 0 aromatic heterocycles. The first-order valence-corrected chi connectivity index (χ1v) is 11.2. The molecule has 2 fully saturated rings. The van der Waals surface area contributed by atoms with Gasteiger partial charge in [-0.3, -0.25) is 4.90 Å². The predicted molar refractivity (Wildman–Crippen MR) is 124 cm³/mol. The lowest BCUT2D eigenvalue weighted by molar-refractivity contribution is 0.134. The van der Waals surface area contributed by atoms with Crippen molar-refractivity contribution in [2.24, 2.45) is 0 Å². The van der Waals surface area contributed by atoms with Crippen molar-refractivity contribution < 1.29 is 9.47 Å². The summed E-state index contributed by atoms with van der Waals surface area (Å²) in [6, 6.07) is 16.0. The molecule has 1 atom stereocenters. The Balaban J connectivity index is 1.33. The number of hydrogen-bond donors (Lipinski definition) is 1. The topological polar surface area (TPSA) is 37.0 Å². The number of para-hydroxylation sites is 1. The molecule has 0 radical (unpaired) electrons. The number of hydrogen-bond acceptors (Lipinski definition) is 5. The van der Waals surface area contributed by atoms with Gasteiger partial charge in [0.25, 0.3) is 0 Å². The van der Waals surface area contributed by atoms with Crippen LogP contribution in [0.3, 0.4) is 0 Å². The molecule has 2 aliphatic rings. The molecule has 0 spiro atoms. The van der Waals surface area contributed by atoms with Crippen LogP contribution in [0.25, 0.3) is 0 Å². The van der Waals surface area contributed by atoms with E-state index in [1.165, 1.54) is 43.5 Å². The van der Waals surface area contributed by atoms with Gasteiger partial charge in [-0.15, -0.1) is 0 Å². The molecule has 4 rings (SSSR count). The molecule has 0 aliphatic carbocycles. The fourth-order valence-corrected chi connectivity index (χ4v) is 5.01. The largest absolute Gasteiger partial charge is 0.493 e. The maximum absolute atomic E-state index is 5.46. The first-order valence-electron chi connectivity index (χ1n) is 11.2. The molecular weight excluding hydrogens is 374 g/mol. The van der Waals surface area contributed by atoms with E-state index in [4.69, 9.17) is 9.47 Å². The zero-order valence-corrected chi connectivity index (χ0v) is 18.6. The first kappa shape index (κ1) is 20.9. The van der Waals surface area contributed by atoms with Crippen LogP contribution in [-0.2, 0) is 0 Å². The van der Waals surface area contributed by atoms with Gasteiger partial charge in [-0.2, -0.15) is 0 Å². The molecule has 0 bridgehead atoms. The van der Waals surface area contributed by atoms with Crippen molar-refractivity contribution in [3.05, 3.63) is 48.0 Å². The minimum atomic E-state index is 0.478. The summed E-state index contributed by atoms with van der Waals surface area (Å²) in [4.78, 5) is 5.28. The Morgan fingerprint density at radius 2 is 1.67 bits per heavy atom. The number of likely N-dealkylation sites (tertiary alicyclic amines) is 1. The quantitative estimate of drug-likeness (QED) is 0.757. The average molecular weight is 410 g/mol. The van der Waals surface area contributed by atoms with Crippen molar-refractivity contribution in [1.82, 2.24) is 4.90 Å². The molecule has 2 saturated heterocycles. The van der Waals surface area contributed by atoms with E-state index in [0.717, 1.165) is 36.8 Å². The van der Waals surface area contributed by atoms with Crippen molar-refractivity contribution in [1.29, 1.82) is 0 Å². The number of nitrogens with one attached hydrogen (secondary N) is 1. The van der Waals surface area contributed by atoms with Crippen molar-refractivity contribution in [2.75, 3.05) is 50.6 Å². The zero-order chi connectivity index (χ0) is 20.9. The second kappa shape index (κ2) is 9.61. The molecule has 0 amide bonds. The van der Waals surface area contributed by atoms with Gasteiger partial charge in [-0.1, -0.05) is 18.2 Å². The van der Waals surface area contributed by atoms with Gasteiger partial charge in [0.1, 0.15) is 0 Å². The number of methoxy groups -OCH3 is 2. The Bertz CT molecular complexity index is 833. The Kier molecular flexibility index (Phi) is 6.68. The van der Waals surface area contributed by atoms with Crippen LogP contribution in [0.1, 0.15) is 31.2 Å². The molecule has 5 nitrogen and oxygen atoms in total. The van der Waals surface area contributed by atoms with Gasteiger partial charge in [0.2, 0.25) is 0 Å². The molecule has 1 unspecified atom stereocenters. The third kappa shape index (κ3) is 4.67. The van der Waals surface area contributed by atoms with Gasteiger partial charge in [0.15, 0.2) is 11.5 Å². The summed E-state index contributed by atoms with van der Waals surface area (Å²) in [5, 5.41) is 3.73. The van der Waals surface area contributed by atoms with Crippen LogP contribution in [0.4, 0.5) is 11.4 Å². The number of rotatable bonds is 6. The number of aryl methyl sites for hydroxylation is 1. The Morgan fingerprint density at radius 3 is 2.40 bits per heavy atom. The van der Waals surface area contributed by atoms with E-state index in [1.54, 1.807) is 14.2 Å². The summed E-state index contributed by atoms with van der Waals surface area (Å²) in [7, 11) is 3.36. The number of anilines is 2. The van der Waals surface area contributed by atoms with Gasteiger partial charge in [0.05, 0.1) is 14.2 Å². The lowest BCUT2D eigenvalue weighted by Gasteiger charge is -2.43. The smallest absolute Gasteiger partial charge is 0.162 e. The third-order valence-corrected chi connectivity index (χ3v) is 6.64. The average Bonchev–Trinajstić information content (AvgIpc) is 2.79. The van der Waals surface area contributed by atoms with Crippen molar-refractivity contribution in [2.45, 2.75) is 44.7 Å².